The number of carbonyl (C=O) groups excluding carboxylic acids is 1. The topological polar surface area (TPSA) is 62.1 Å². The van der Waals surface area contributed by atoms with Crippen molar-refractivity contribution >= 4 is 5.91 Å². The Morgan fingerprint density at radius 3 is 2.55 bits per heavy atom. The van der Waals surface area contributed by atoms with Gasteiger partial charge < -0.3 is 10.1 Å². The fraction of sp³-hybridized carbons (Fsp3) is 0.222. The molecule has 112 valence electrons. The van der Waals surface area contributed by atoms with Gasteiger partial charge in [-0.15, -0.1) is 0 Å². The average molecular weight is 294 g/mol. The number of benzene rings is 2. The van der Waals surface area contributed by atoms with E-state index < -0.39 is 6.10 Å². The number of hydrogen-bond acceptors (Lipinski definition) is 3. The first-order valence-electron chi connectivity index (χ1n) is 7.09. The number of nitrogens with zero attached hydrogens (tertiary/aromatic N) is 1. The van der Waals surface area contributed by atoms with Gasteiger partial charge in [-0.3, -0.25) is 4.79 Å². The molecule has 0 aliphatic carbocycles. The van der Waals surface area contributed by atoms with Gasteiger partial charge in [-0.2, -0.15) is 5.26 Å². The summed E-state index contributed by atoms with van der Waals surface area (Å²) in [5.74, 6) is 0.394. The molecule has 0 fully saturated rings. The van der Waals surface area contributed by atoms with Crippen LogP contribution in [0.2, 0.25) is 0 Å². The van der Waals surface area contributed by atoms with E-state index in [1.807, 2.05) is 37.3 Å². The SMILES string of the molecule is Cc1ccccc1CNC(=O)[C@H](C)Oc1ccc(C#N)cc1. The Morgan fingerprint density at radius 2 is 1.91 bits per heavy atom. The molecule has 0 heterocycles. The molecule has 1 N–H and O–H groups in total. The molecule has 0 unspecified atom stereocenters. The minimum absolute atomic E-state index is 0.174. The van der Waals surface area contributed by atoms with Gasteiger partial charge in [-0.05, 0) is 49.2 Å². The monoisotopic (exact) mass is 294 g/mol. The lowest BCUT2D eigenvalue weighted by Gasteiger charge is -2.15. The highest BCUT2D eigenvalue weighted by atomic mass is 16.5. The van der Waals surface area contributed by atoms with Gasteiger partial charge in [0, 0.05) is 6.54 Å². The first-order valence-corrected chi connectivity index (χ1v) is 7.09. The van der Waals surface area contributed by atoms with E-state index in [-0.39, 0.29) is 5.91 Å². The Hall–Kier alpha value is -2.80. The van der Waals surface area contributed by atoms with E-state index in [1.165, 1.54) is 0 Å². The second kappa shape index (κ2) is 7.28. The molecule has 0 radical (unpaired) electrons. The minimum atomic E-state index is -0.600. The van der Waals surface area contributed by atoms with Gasteiger partial charge in [0.2, 0.25) is 0 Å². The van der Waals surface area contributed by atoms with Crippen molar-refractivity contribution in [3.63, 3.8) is 0 Å². The third kappa shape index (κ3) is 4.10. The predicted octanol–water partition coefficient (Wildman–Crippen LogP) is 2.95. The van der Waals surface area contributed by atoms with Gasteiger partial charge in [0.15, 0.2) is 6.10 Å². The van der Waals surface area contributed by atoms with Gasteiger partial charge in [-0.1, -0.05) is 24.3 Å². The average Bonchev–Trinajstić information content (AvgIpc) is 2.54. The van der Waals surface area contributed by atoms with Crippen LogP contribution in [0.1, 0.15) is 23.6 Å². The molecule has 0 bridgehead atoms. The summed E-state index contributed by atoms with van der Waals surface area (Å²) >= 11 is 0. The Morgan fingerprint density at radius 1 is 1.23 bits per heavy atom. The van der Waals surface area contributed by atoms with Crippen LogP contribution in [-0.2, 0) is 11.3 Å². The van der Waals surface area contributed by atoms with Crippen LogP contribution in [0.25, 0.3) is 0 Å². The first-order chi connectivity index (χ1) is 10.6. The van der Waals surface area contributed by atoms with Crippen molar-refractivity contribution in [2.75, 3.05) is 0 Å². The Balaban J connectivity index is 1.89. The summed E-state index contributed by atoms with van der Waals surface area (Å²) in [6, 6.07) is 16.6. The minimum Gasteiger partial charge on any atom is -0.481 e. The zero-order chi connectivity index (χ0) is 15.9. The van der Waals surface area contributed by atoms with Crippen LogP contribution < -0.4 is 10.1 Å². The zero-order valence-corrected chi connectivity index (χ0v) is 12.7. The maximum Gasteiger partial charge on any atom is 0.261 e. The van der Waals surface area contributed by atoms with Crippen molar-refractivity contribution in [2.24, 2.45) is 0 Å². The van der Waals surface area contributed by atoms with Crippen LogP contribution in [0.4, 0.5) is 0 Å². The molecule has 1 amide bonds. The molecule has 0 spiro atoms. The zero-order valence-electron chi connectivity index (χ0n) is 12.7. The quantitative estimate of drug-likeness (QED) is 0.922. The normalized spacial score (nSPS) is 11.3. The fourth-order valence-electron chi connectivity index (χ4n) is 2.00. The van der Waals surface area contributed by atoms with E-state index >= 15 is 0 Å². The molecule has 22 heavy (non-hydrogen) atoms. The highest BCUT2D eigenvalue weighted by Crippen LogP contribution is 2.13. The number of hydrogen-bond donors (Lipinski definition) is 1. The van der Waals surface area contributed by atoms with Crippen LogP contribution in [0, 0.1) is 18.3 Å². The third-order valence-corrected chi connectivity index (χ3v) is 3.38. The molecule has 4 heteroatoms. The standard InChI is InChI=1S/C18H18N2O2/c1-13-5-3-4-6-16(13)12-20-18(21)14(2)22-17-9-7-15(11-19)8-10-17/h3-10,14H,12H2,1-2H3,(H,20,21)/t14-/m0/s1. The summed E-state index contributed by atoms with van der Waals surface area (Å²) in [5.41, 5.74) is 2.79. The summed E-state index contributed by atoms with van der Waals surface area (Å²) in [6.07, 6.45) is -0.600. The molecular formula is C18H18N2O2. The van der Waals surface area contributed by atoms with Crippen LogP contribution in [0.3, 0.4) is 0 Å². The highest BCUT2D eigenvalue weighted by molar-refractivity contribution is 5.80. The van der Waals surface area contributed by atoms with Gasteiger partial charge in [0.1, 0.15) is 5.75 Å². The molecule has 2 aromatic rings. The molecule has 0 aliphatic heterocycles. The Bertz CT molecular complexity index is 687. The molecule has 0 aromatic heterocycles. The van der Waals surface area contributed by atoms with Crippen LogP contribution >= 0.6 is 0 Å². The molecule has 2 aromatic carbocycles. The van der Waals surface area contributed by atoms with E-state index in [9.17, 15) is 4.79 Å². The van der Waals surface area contributed by atoms with Gasteiger partial charge in [0.25, 0.3) is 5.91 Å². The Labute approximate surface area is 130 Å². The molecule has 4 nitrogen and oxygen atoms in total. The number of aryl methyl sites for hydroxylation is 1. The van der Waals surface area contributed by atoms with Gasteiger partial charge in [0.05, 0.1) is 11.6 Å². The van der Waals surface area contributed by atoms with Crippen molar-refractivity contribution in [2.45, 2.75) is 26.5 Å². The van der Waals surface area contributed by atoms with E-state index in [4.69, 9.17) is 10.00 Å². The lowest BCUT2D eigenvalue weighted by molar-refractivity contribution is -0.127. The number of rotatable bonds is 5. The van der Waals surface area contributed by atoms with Crippen molar-refractivity contribution in [1.82, 2.24) is 5.32 Å². The second-order valence-corrected chi connectivity index (χ2v) is 5.04. The van der Waals surface area contributed by atoms with Crippen LogP contribution in [0.15, 0.2) is 48.5 Å². The summed E-state index contributed by atoms with van der Waals surface area (Å²) in [7, 11) is 0. The molecule has 1 atom stereocenters. The van der Waals surface area contributed by atoms with E-state index in [0.717, 1.165) is 11.1 Å². The molecule has 0 saturated carbocycles. The predicted molar refractivity (Wildman–Crippen MR) is 84.3 cm³/mol. The van der Waals surface area contributed by atoms with Crippen molar-refractivity contribution in [3.05, 3.63) is 65.2 Å². The Kier molecular flexibility index (Phi) is 5.16. The summed E-state index contributed by atoms with van der Waals surface area (Å²) in [6.45, 7) is 4.19. The van der Waals surface area contributed by atoms with E-state index in [1.54, 1.807) is 31.2 Å². The van der Waals surface area contributed by atoms with Crippen LogP contribution in [0.5, 0.6) is 5.75 Å². The molecular weight excluding hydrogens is 276 g/mol. The molecule has 0 aliphatic rings. The maximum absolute atomic E-state index is 12.1. The molecule has 0 saturated heterocycles. The van der Waals surface area contributed by atoms with Crippen molar-refractivity contribution in [3.8, 4) is 11.8 Å². The van der Waals surface area contributed by atoms with Crippen LogP contribution in [-0.4, -0.2) is 12.0 Å². The van der Waals surface area contributed by atoms with Crippen molar-refractivity contribution in [1.29, 1.82) is 5.26 Å². The number of nitrogens with one attached hydrogen (secondary N) is 1. The second-order valence-electron chi connectivity index (χ2n) is 5.04. The van der Waals surface area contributed by atoms with Gasteiger partial charge >= 0.3 is 0 Å². The fourth-order valence-corrected chi connectivity index (χ4v) is 2.00. The highest BCUT2D eigenvalue weighted by Gasteiger charge is 2.14. The first kappa shape index (κ1) is 15.6. The lowest BCUT2D eigenvalue weighted by atomic mass is 10.1. The smallest absolute Gasteiger partial charge is 0.261 e. The summed E-state index contributed by atoms with van der Waals surface area (Å²) in [4.78, 5) is 12.1. The number of amides is 1. The maximum atomic E-state index is 12.1. The van der Waals surface area contributed by atoms with E-state index in [0.29, 0.717) is 17.9 Å². The van der Waals surface area contributed by atoms with E-state index in [2.05, 4.69) is 5.32 Å². The summed E-state index contributed by atoms with van der Waals surface area (Å²) in [5, 5.41) is 11.6. The third-order valence-electron chi connectivity index (χ3n) is 3.38. The number of ether oxygens (including phenoxy) is 1. The molecule has 2 rings (SSSR count). The largest absolute Gasteiger partial charge is 0.481 e. The van der Waals surface area contributed by atoms with Gasteiger partial charge in [-0.25, -0.2) is 0 Å². The van der Waals surface area contributed by atoms with Crippen molar-refractivity contribution < 1.29 is 9.53 Å². The number of carbonyl (C=O) groups is 1. The lowest BCUT2D eigenvalue weighted by Crippen LogP contribution is -2.36. The number of nitriles is 1. The summed E-state index contributed by atoms with van der Waals surface area (Å²) < 4.78 is 5.57.